The van der Waals surface area contributed by atoms with Gasteiger partial charge in [-0.05, 0) is 58.1 Å². The van der Waals surface area contributed by atoms with E-state index in [0.717, 1.165) is 30.3 Å². The molecule has 10 nitrogen and oxygen atoms in total. The van der Waals surface area contributed by atoms with Crippen LogP contribution >= 0.6 is 0 Å². The lowest BCUT2D eigenvalue weighted by Gasteiger charge is -2.30. The van der Waals surface area contributed by atoms with E-state index in [1.54, 1.807) is 0 Å². The lowest BCUT2D eigenvalue weighted by atomic mass is 9.74. The third-order valence-electron chi connectivity index (χ3n) is 8.80. The molecule has 0 bridgehead atoms. The summed E-state index contributed by atoms with van der Waals surface area (Å²) in [6, 6.07) is 20.1. The summed E-state index contributed by atoms with van der Waals surface area (Å²) in [5.74, 6) is -7.05. The van der Waals surface area contributed by atoms with Crippen LogP contribution in [-0.4, -0.2) is 51.1 Å². The predicted molar refractivity (Wildman–Crippen MR) is 163 cm³/mol. The van der Waals surface area contributed by atoms with E-state index >= 15 is 0 Å². The van der Waals surface area contributed by atoms with E-state index in [-0.39, 0.29) is 85.3 Å². The molecule has 5 aromatic carbocycles. The van der Waals surface area contributed by atoms with Crippen molar-refractivity contribution in [2.45, 2.75) is 29.6 Å². The molecule has 230 valence electrons. The van der Waals surface area contributed by atoms with Crippen molar-refractivity contribution >= 4 is 0 Å². The van der Waals surface area contributed by atoms with Crippen molar-refractivity contribution in [1.29, 1.82) is 0 Å². The van der Waals surface area contributed by atoms with E-state index < -0.39 is 29.6 Å². The lowest BCUT2D eigenvalue weighted by Crippen LogP contribution is -2.14. The summed E-state index contributed by atoms with van der Waals surface area (Å²) in [5.41, 5.74) is 1.42. The maximum Gasteiger partial charge on any atom is 0.122 e. The third-order valence-corrected chi connectivity index (χ3v) is 8.80. The highest BCUT2D eigenvalue weighted by molar-refractivity contribution is 5.60. The van der Waals surface area contributed by atoms with Gasteiger partial charge in [0.2, 0.25) is 0 Å². The lowest BCUT2D eigenvalue weighted by molar-refractivity contribution is 0.412. The molecule has 0 aliphatic heterocycles. The van der Waals surface area contributed by atoms with E-state index in [1.165, 1.54) is 60.7 Å². The third kappa shape index (κ3) is 5.06. The number of rotatable bonds is 5. The molecule has 1 fully saturated rings. The van der Waals surface area contributed by atoms with Gasteiger partial charge in [0.05, 0.1) is 0 Å². The van der Waals surface area contributed by atoms with Crippen molar-refractivity contribution in [1.82, 2.24) is 0 Å². The molecule has 0 unspecified atom stereocenters. The zero-order chi connectivity index (χ0) is 32.2. The van der Waals surface area contributed by atoms with Gasteiger partial charge in [0.1, 0.15) is 57.5 Å². The highest BCUT2D eigenvalue weighted by atomic mass is 16.3. The summed E-state index contributed by atoms with van der Waals surface area (Å²) in [4.78, 5) is 0. The Bertz CT molecular complexity index is 1590. The molecule has 0 atom stereocenters. The van der Waals surface area contributed by atoms with Crippen LogP contribution in [0.5, 0.6) is 57.5 Å². The second kappa shape index (κ2) is 11.0. The van der Waals surface area contributed by atoms with Crippen LogP contribution in [0.25, 0.3) is 0 Å². The van der Waals surface area contributed by atoms with Crippen LogP contribution in [-0.2, 0) is 0 Å². The Labute approximate surface area is 256 Å². The van der Waals surface area contributed by atoms with E-state index in [2.05, 4.69) is 0 Å². The van der Waals surface area contributed by atoms with E-state index in [1.807, 2.05) is 0 Å². The van der Waals surface area contributed by atoms with Crippen LogP contribution in [0.1, 0.15) is 57.4 Å². The summed E-state index contributed by atoms with van der Waals surface area (Å²) in [6.45, 7) is 0. The molecule has 45 heavy (non-hydrogen) atoms. The summed E-state index contributed by atoms with van der Waals surface area (Å²) in [5, 5.41) is 107. The minimum atomic E-state index is -0.882. The summed E-state index contributed by atoms with van der Waals surface area (Å²) in [7, 11) is 0. The first-order valence-corrected chi connectivity index (χ1v) is 14.0. The van der Waals surface area contributed by atoms with Crippen LogP contribution in [0.3, 0.4) is 0 Å². The van der Waals surface area contributed by atoms with Crippen molar-refractivity contribution in [2.24, 2.45) is 0 Å². The first-order valence-electron chi connectivity index (χ1n) is 14.0. The normalized spacial score (nSPS) is 21.1. The predicted octanol–water partition coefficient (Wildman–Crippen LogP) is 5.98. The Hall–Kier alpha value is -5.90. The second-order valence-electron chi connectivity index (χ2n) is 11.3. The molecule has 10 heteroatoms. The standard InChI is InChI=1S/C35H30O10/c36-16-1-6-21(26(41)11-16)31-32(22-7-2-17(37)12-27(22)42)34(24-9-4-19(39)14-29(24)44)35(25-10-5-20(40)15-30(25)45)33(31)23-8-3-18(38)13-28(23)43/h1-15,31-45H. The Kier molecular flexibility index (Phi) is 7.12. The molecule has 0 spiro atoms. The van der Waals surface area contributed by atoms with Crippen molar-refractivity contribution in [3.05, 3.63) is 119 Å². The minimum Gasteiger partial charge on any atom is -0.508 e. The zero-order valence-electron chi connectivity index (χ0n) is 23.5. The van der Waals surface area contributed by atoms with Gasteiger partial charge in [-0.1, -0.05) is 30.3 Å². The van der Waals surface area contributed by atoms with Gasteiger partial charge in [0.25, 0.3) is 0 Å². The first-order chi connectivity index (χ1) is 21.4. The molecular weight excluding hydrogens is 580 g/mol. The number of hydrogen-bond acceptors (Lipinski definition) is 10. The smallest absolute Gasteiger partial charge is 0.122 e. The summed E-state index contributed by atoms with van der Waals surface area (Å²) in [6.07, 6.45) is 0. The molecule has 1 aliphatic carbocycles. The quantitative estimate of drug-likeness (QED) is 0.113. The van der Waals surface area contributed by atoms with E-state index in [9.17, 15) is 51.1 Å². The Morgan fingerprint density at radius 2 is 0.400 bits per heavy atom. The molecule has 6 rings (SSSR count). The van der Waals surface area contributed by atoms with Crippen LogP contribution in [0.2, 0.25) is 0 Å². The van der Waals surface area contributed by atoms with Crippen LogP contribution < -0.4 is 0 Å². The number of hydrogen-bond donors (Lipinski definition) is 10. The van der Waals surface area contributed by atoms with Crippen molar-refractivity contribution < 1.29 is 51.1 Å². The maximum atomic E-state index is 11.3. The number of benzene rings is 5. The second-order valence-corrected chi connectivity index (χ2v) is 11.3. The fourth-order valence-electron chi connectivity index (χ4n) is 7.12. The van der Waals surface area contributed by atoms with Crippen molar-refractivity contribution in [3.8, 4) is 57.5 Å². The SMILES string of the molecule is Oc1ccc(C2C(c3ccc(O)cc3O)C(c3ccc(O)cc3O)C(c3ccc(O)cc3O)C2c2ccc(O)cc2O)c(O)c1. The molecule has 0 amide bonds. The average molecular weight is 611 g/mol. The Morgan fingerprint density at radius 1 is 0.244 bits per heavy atom. The molecule has 1 saturated carbocycles. The molecule has 10 N–H and O–H groups in total. The fraction of sp³-hybridized carbons (Fsp3) is 0.143. The molecule has 0 saturated heterocycles. The highest BCUT2D eigenvalue weighted by Gasteiger charge is 2.56. The molecule has 1 aliphatic rings. The molecule has 5 aromatic rings. The van der Waals surface area contributed by atoms with Crippen LogP contribution in [0.4, 0.5) is 0 Å². The summed E-state index contributed by atoms with van der Waals surface area (Å²) < 4.78 is 0. The topological polar surface area (TPSA) is 202 Å². The molecule has 0 aromatic heterocycles. The van der Waals surface area contributed by atoms with Gasteiger partial charge < -0.3 is 51.1 Å². The number of aromatic hydroxyl groups is 10. The monoisotopic (exact) mass is 610 g/mol. The van der Waals surface area contributed by atoms with E-state index in [0.29, 0.717) is 0 Å². The molecule has 0 radical (unpaired) electrons. The maximum absolute atomic E-state index is 11.3. The van der Waals surface area contributed by atoms with Gasteiger partial charge in [-0.2, -0.15) is 0 Å². The van der Waals surface area contributed by atoms with Gasteiger partial charge in [-0.15, -0.1) is 0 Å². The first kappa shape index (κ1) is 29.2. The number of phenols is 10. The zero-order valence-corrected chi connectivity index (χ0v) is 23.5. The van der Waals surface area contributed by atoms with Crippen molar-refractivity contribution in [2.75, 3.05) is 0 Å². The van der Waals surface area contributed by atoms with Crippen LogP contribution in [0.15, 0.2) is 91.0 Å². The Balaban J connectivity index is 1.78. The van der Waals surface area contributed by atoms with Crippen molar-refractivity contribution in [3.63, 3.8) is 0 Å². The molecular formula is C35H30O10. The Morgan fingerprint density at radius 3 is 0.533 bits per heavy atom. The number of phenolic OH excluding ortho intramolecular Hbond substituents is 10. The van der Waals surface area contributed by atoms with Gasteiger partial charge in [-0.3, -0.25) is 0 Å². The van der Waals surface area contributed by atoms with Crippen LogP contribution in [0, 0.1) is 0 Å². The average Bonchev–Trinajstić information content (AvgIpc) is 3.27. The van der Waals surface area contributed by atoms with Gasteiger partial charge in [0.15, 0.2) is 0 Å². The van der Waals surface area contributed by atoms with Gasteiger partial charge in [-0.25, -0.2) is 0 Å². The fourth-order valence-corrected chi connectivity index (χ4v) is 7.12. The summed E-state index contributed by atoms with van der Waals surface area (Å²) >= 11 is 0. The largest absolute Gasteiger partial charge is 0.508 e. The van der Waals surface area contributed by atoms with Gasteiger partial charge in [0, 0.05) is 59.9 Å². The molecule has 0 heterocycles. The van der Waals surface area contributed by atoms with E-state index in [4.69, 9.17) is 0 Å². The highest BCUT2D eigenvalue weighted by Crippen LogP contribution is 2.70. The minimum absolute atomic E-state index is 0.220. The van der Waals surface area contributed by atoms with Gasteiger partial charge >= 0.3 is 0 Å².